The van der Waals surface area contributed by atoms with Crippen molar-refractivity contribution < 1.29 is 9.59 Å². The summed E-state index contributed by atoms with van der Waals surface area (Å²) in [6.45, 7) is 1.89. The third-order valence-electron chi connectivity index (χ3n) is 1.64. The van der Waals surface area contributed by atoms with Gasteiger partial charge in [-0.25, -0.2) is 0 Å². The Balaban J connectivity index is 2.21. The largest absolute Gasteiger partial charge is 0.347 e. The molecule has 1 amide bonds. The molecule has 1 N–H and O–H groups in total. The minimum Gasteiger partial charge on any atom is -0.347 e. The molecule has 3 heteroatoms. The van der Waals surface area contributed by atoms with E-state index >= 15 is 0 Å². The first-order valence-electron chi connectivity index (χ1n) is 4.07. The number of ketones is 1. The summed E-state index contributed by atoms with van der Waals surface area (Å²) in [5.74, 6) is -0.672. The van der Waals surface area contributed by atoms with Crippen LogP contribution in [-0.2, 0) is 9.59 Å². The van der Waals surface area contributed by atoms with E-state index < -0.39 is 5.91 Å². The van der Waals surface area contributed by atoms with E-state index in [2.05, 4.69) is 5.32 Å². The summed E-state index contributed by atoms with van der Waals surface area (Å²) in [6, 6.07) is 0.295. The van der Waals surface area contributed by atoms with Gasteiger partial charge in [-0.3, -0.25) is 9.59 Å². The molecular formula is C8H13NO2. The lowest BCUT2D eigenvalue weighted by molar-refractivity contribution is -0.138. The van der Waals surface area contributed by atoms with Crippen molar-refractivity contribution in [2.24, 2.45) is 0 Å². The van der Waals surface area contributed by atoms with Crippen LogP contribution in [0.3, 0.4) is 0 Å². The minimum absolute atomic E-state index is 0.278. The number of carbonyl (C=O) groups is 2. The van der Waals surface area contributed by atoms with Crippen LogP contribution in [0.15, 0.2) is 0 Å². The Labute approximate surface area is 66.2 Å². The van der Waals surface area contributed by atoms with Crippen LogP contribution in [-0.4, -0.2) is 17.7 Å². The molecule has 0 aromatic rings. The molecular weight excluding hydrogens is 142 g/mol. The molecule has 0 aromatic carbocycles. The summed E-state index contributed by atoms with van der Waals surface area (Å²) >= 11 is 0. The Morgan fingerprint density at radius 1 is 1.45 bits per heavy atom. The molecule has 0 aromatic heterocycles. The molecule has 62 valence electrons. The molecule has 0 heterocycles. The maximum atomic E-state index is 10.9. The average molecular weight is 155 g/mol. The number of hydrogen-bond acceptors (Lipinski definition) is 2. The second kappa shape index (κ2) is 3.51. The summed E-state index contributed by atoms with van der Waals surface area (Å²) in [5.41, 5.74) is 0. The number of amides is 1. The smallest absolute Gasteiger partial charge is 0.287 e. The minimum atomic E-state index is -0.394. The van der Waals surface area contributed by atoms with Gasteiger partial charge in [0, 0.05) is 12.5 Å². The van der Waals surface area contributed by atoms with E-state index in [0.717, 1.165) is 19.3 Å². The van der Waals surface area contributed by atoms with Crippen molar-refractivity contribution in [2.75, 3.05) is 0 Å². The van der Waals surface area contributed by atoms with Gasteiger partial charge in [-0.15, -0.1) is 0 Å². The lowest BCUT2D eigenvalue weighted by Crippen LogP contribution is -2.32. The van der Waals surface area contributed by atoms with Gasteiger partial charge in [0.1, 0.15) is 0 Å². The lowest BCUT2D eigenvalue weighted by atomic mass is 10.2. The molecule has 0 saturated heterocycles. The Morgan fingerprint density at radius 3 is 2.55 bits per heavy atom. The van der Waals surface area contributed by atoms with Crippen LogP contribution >= 0.6 is 0 Å². The predicted octanol–water partition coefficient (Wildman–Crippen LogP) is 0.634. The first-order valence-corrected chi connectivity index (χ1v) is 4.07. The summed E-state index contributed by atoms with van der Waals surface area (Å²) in [5, 5.41) is 2.65. The maximum Gasteiger partial charge on any atom is 0.287 e. The highest BCUT2D eigenvalue weighted by molar-refractivity contribution is 6.36. The molecule has 0 atom stereocenters. The zero-order valence-corrected chi connectivity index (χ0v) is 6.72. The van der Waals surface area contributed by atoms with Crippen molar-refractivity contribution >= 4 is 11.7 Å². The molecule has 0 spiro atoms. The fourth-order valence-electron chi connectivity index (χ4n) is 0.834. The van der Waals surface area contributed by atoms with E-state index in [1.54, 1.807) is 0 Å². The van der Waals surface area contributed by atoms with Crippen molar-refractivity contribution in [1.82, 2.24) is 5.32 Å². The zero-order valence-electron chi connectivity index (χ0n) is 6.72. The number of Topliss-reactive ketones (excluding diaryl/α,β-unsaturated/α-hetero) is 1. The van der Waals surface area contributed by atoms with E-state index in [9.17, 15) is 9.59 Å². The van der Waals surface area contributed by atoms with Gasteiger partial charge in [0.05, 0.1) is 0 Å². The maximum absolute atomic E-state index is 10.9. The SMILES string of the molecule is CCCC(=O)C(=O)NC1CC1. The first kappa shape index (κ1) is 8.24. The Hall–Kier alpha value is -0.860. The quantitative estimate of drug-likeness (QED) is 0.605. The van der Waals surface area contributed by atoms with Crippen LogP contribution in [0.5, 0.6) is 0 Å². The summed E-state index contributed by atoms with van der Waals surface area (Å²) in [7, 11) is 0. The molecule has 0 bridgehead atoms. The highest BCUT2D eigenvalue weighted by Crippen LogP contribution is 2.18. The molecule has 3 nitrogen and oxygen atoms in total. The lowest BCUT2D eigenvalue weighted by Gasteiger charge is -1.99. The van der Waals surface area contributed by atoms with Gasteiger partial charge in [-0.1, -0.05) is 6.92 Å². The fraction of sp³-hybridized carbons (Fsp3) is 0.750. The summed E-state index contributed by atoms with van der Waals surface area (Å²) < 4.78 is 0. The standard InChI is InChI=1S/C8H13NO2/c1-2-3-7(10)8(11)9-6-4-5-6/h6H,2-5H2,1H3,(H,9,11). The first-order chi connectivity index (χ1) is 5.24. The van der Waals surface area contributed by atoms with E-state index in [4.69, 9.17) is 0 Å². The van der Waals surface area contributed by atoms with Crippen LogP contribution in [0.25, 0.3) is 0 Å². The van der Waals surface area contributed by atoms with Crippen molar-refractivity contribution in [3.05, 3.63) is 0 Å². The highest BCUT2D eigenvalue weighted by atomic mass is 16.2. The van der Waals surface area contributed by atoms with Crippen molar-refractivity contribution in [2.45, 2.75) is 38.6 Å². The van der Waals surface area contributed by atoms with Crippen LogP contribution in [0.2, 0.25) is 0 Å². The topological polar surface area (TPSA) is 46.2 Å². The van der Waals surface area contributed by atoms with Gasteiger partial charge in [-0.05, 0) is 19.3 Å². The molecule has 1 rings (SSSR count). The van der Waals surface area contributed by atoms with Gasteiger partial charge < -0.3 is 5.32 Å². The van der Waals surface area contributed by atoms with Gasteiger partial charge in [0.25, 0.3) is 5.91 Å². The average Bonchev–Trinajstić information content (AvgIpc) is 2.72. The molecule has 0 radical (unpaired) electrons. The second-order valence-electron chi connectivity index (χ2n) is 2.92. The molecule has 1 aliphatic rings. The molecule has 11 heavy (non-hydrogen) atoms. The van der Waals surface area contributed by atoms with Gasteiger partial charge in [0.2, 0.25) is 5.78 Å². The molecule has 1 saturated carbocycles. The Morgan fingerprint density at radius 2 is 2.09 bits per heavy atom. The highest BCUT2D eigenvalue weighted by Gasteiger charge is 2.25. The number of carbonyl (C=O) groups excluding carboxylic acids is 2. The van der Waals surface area contributed by atoms with Crippen molar-refractivity contribution in [3.63, 3.8) is 0 Å². The van der Waals surface area contributed by atoms with Crippen LogP contribution in [0, 0.1) is 0 Å². The normalized spacial score (nSPS) is 16.1. The zero-order chi connectivity index (χ0) is 8.27. The van der Waals surface area contributed by atoms with Crippen LogP contribution in [0.1, 0.15) is 32.6 Å². The monoisotopic (exact) mass is 155 g/mol. The van der Waals surface area contributed by atoms with E-state index in [0.29, 0.717) is 12.5 Å². The van der Waals surface area contributed by atoms with Gasteiger partial charge >= 0.3 is 0 Å². The molecule has 0 unspecified atom stereocenters. The van der Waals surface area contributed by atoms with E-state index in [1.807, 2.05) is 6.92 Å². The third-order valence-corrected chi connectivity index (χ3v) is 1.64. The molecule has 1 fully saturated rings. The van der Waals surface area contributed by atoms with Gasteiger partial charge in [0.15, 0.2) is 0 Å². The van der Waals surface area contributed by atoms with Crippen molar-refractivity contribution in [3.8, 4) is 0 Å². The molecule has 1 aliphatic carbocycles. The fourth-order valence-corrected chi connectivity index (χ4v) is 0.834. The van der Waals surface area contributed by atoms with Crippen molar-refractivity contribution in [1.29, 1.82) is 0 Å². The third kappa shape index (κ3) is 2.70. The number of hydrogen-bond donors (Lipinski definition) is 1. The van der Waals surface area contributed by atoms with Crippen LogP contribution < -0.4 is 5.32 Å². The Kier molecular flexibility index (Phi) is 2.63. The van der Waals surface area contributed by atoms with Gasteiger partial charge in [-0.2, -0.15) is 0 Å². The Bertz CT molecular complexity index is 173. The predicted molar refractivity (Wildman–Crippen MR) is 41.1 cm³/mol. The molecule has 0 aliphatic heterocycles. The second-order valence-corrected chi connectivity index (χ2v) is 2.92. The summed E-state index contributed by atoms with van der Waals surface area (Å²) in [6.07, 6.45) is 3.19. The van der Waals surface area contributed by atoms with Crippen LogP contribution in [0.4, 0.5) is 0 Å². The summed E-state index contributed by atoms with van der Waals surface area (Å²) in [4.78, 5) is 21.8. The van der Waals surface area contributed by atoms with E-state index in [1.165, 1.54) is 0 Å². The number of rotatable bonds is 4. The number of nitrogens with one attached hydrogen (secondary N) is 1. The van der Waals surface area contributed by atoms with E-state index in [-0.39, 0.29) is 5.78 Å².